The fourth-order valence-electron chi connectivity index (χ4n) is 0.783. The maximum Gasteiger partial charge on any atom is 0.0577 e. The Morgan fingerprint density at radius 3 is 2.50 bits per heavy atom. The van der Waals surface area contributed by atoms with E-state index >= 15 is 0 Å². The zero-order valence-electron chi connectivity index (χ0n) is 6.75. The van der Waals surface area contributed by atoms with Crippen molar-refractivity contribution in [1.82, 2.24) is 0 Å². The number of rotatable bonds is 4. The van der Waals surface area contributed by atoms with Crippen LogP contribution in [0.4, 0.5) is 0 Å². The lowest BCUT2D eigenvalue weighted by Gasteiger charge is -2.12. The minimum Gasteiger partial charge on any atom is -0.393 e. The van der Waals surface area contributed by atoms with E-state index in [0.717, 1.165) is 6.42 Å². The first-order chi connectivity index (χ1) is 4.72. The molecule has 0 radical (unpaired) electrons. The summed E-state index contributed by atoms with van der Waals surface area (Å²) in [7, 11) is 0. The second-order valence-corrected chi connectivity index (χ2v) is 2.44. The predicted molar refractivity (Wildman–Crippen MR) is 44.8 cm³/mol. The molecule has 0 aromatic carbocycles. The van der Waals surface area contributed by atoms with Crippen LogP contribution in [0.2, 0.25) is 0 Å². The van der Waals surface area contributed by atoms with Crippen molar-refractivity contribution < 1.29 is 5.11 Å². The van der Waals surface area contributed by atoms with Crippen LogP contribution in [-0.2, 0) is 0 Å². The molecule has 0 saturated carbocycles. The van der Waals surface area contributed by atoms with Gasteiger partial charge in [0.2, 0.25) is 0 Å². The van der Waals surface area contributed by atoms with Gasteiger partial charge in [-0.05, 0) is 20.3 Å². The van der Waals surface area contributed by atoms with Gasteiger partial charge in [-0.1, -0.05) is 18.2 Å². The molecule has 0 amide bonds. The molecule has 0 rings (SSSR count). The first kappa shape index (κ1) is 9.44. The third-order valence-electron chi connectivity index (χ3n) is 1.57. The molecule has 0 aromatic heterocycles. The smallest absolute Gasteiger partial charge is 0.0577 e. The first-order valence-corrected chi connectivity index (χ1v) is 3.64. The third kappa shape index (κ3) is 3.46. The lowest BCUT2D eigenvalue weighted by Crippen LogP contribution is -2.12. The normalized spacial score (nSPS) is 17.1. The highest BCUT2D eigenvalue weighted by molar-refractivity contribution is 4.90. The molecule has 2 atom stereocenters. The van der Waals surface area contributed by atoms with Crippen LogP contribution in [0.5, 0.6) is 0 Å². The molecular formula is C9H16O. The van der Waals surface area contributed by atoms with Crippen LogP contribution in [0.1, 0.15) is 20.3 Å². The number of aliphatic hydroxyl groups excluding tert-OH is 1. The van der Waals surface area contributed by atoms with Crippen molar-refractivity contribution in [3.05, 3.63) is 24.8 Å². The molecule has 0 heterocycles. The summed E-state index contributed by atoms with van der Waals surface area (Å²) in [5.74, 6) is 0.205. The molecule has 1 nitrogen and oxygen atoms in total. The van der Waals surface area contributed by atoms with E-state index in [-0.39, 0.29) is 12.0 Å². The van der Waals surface area contributed by atoms with Gasteiger partial charge in [-0.25, -0.2) is 0 Å². The van der Waals surface area contributed by atoms with Gasteiger partial charge in [-0.15, -0.1) is 6.58 Å². The van der Waals surface area contributed by atoms with Gasteiger partial charge >= 0.3 is 0 Å². The lowest BCUT2D eigenvalue weighted by molar-refractivity contribution is 0.150. The molecule has 0 aliphatic carbocycles. The zero-order chi connectivity index (χ0) is 7.98. The van der Waals surface area contributed by atoms with Crippen LogP contribution in [0, 0.1) is 5.92 Å². The van der Waals surface area contributed by atoms with Gasteiger partial charge in [0.15, 0.2) is 0 Å². The summed E-state index contributed by atoms with van der Waals surface area (Å²) in [5.41, 5.74) is 0. The van der Waals surface area contributed by atoms with E-state index in [1.807, 2.05) is 19.1 Å². The van der Waals surface area contributed by atoms with E-state index in [4.69, 9.17) is 5.11 Å². The highest BCUT2D eigenvalue weighted by Crippen LogP contribution is 2.10. The molecule has 0 spiro atoms. The fraction of sp³-hybridized carbons (Fsp3) is 0.556. The van der Waals surface area contributed by atoms with Crippen molar-refractivity contribution in [2.45, 2.75) is 26.4 Å². The van der Waals surface area contributed by atoms with Gasteiger partial charge in [-0.2, -0.15) is 0 Å². The Balaban J connectivity index is 3.71. The quantitative estimate of drug-likeness (QED) is 0.593. The zero-order valence-corrected chi connectivity index (χ0v) is 6.75. The molecule has 0 saturated heterocycles. The summed E-state index contributed by atoms with van der Waals surface area (Å²) < 4.78 is 0. The van der Waals surface area contributed by atoms with Crippen molar-refractivity contribution in [3.63, 3.8) is 0 Å². The van der Waals surface area contributed by atoms with Crippen LogP contribution >= 0.6 is 0 Å². The van der Waals surface area contributed by atoms with Gasteiger partial charge in [0.1, 0.15) is 0 Å². The summed E-state index contributed by atoms with van der Waals surface area (Å²) in [6.07, 6.45) is 6.43. The molecule has 10 heavy (non-hydrogen) atoms. The Kier molecular flexibility index (Phi) is 4.95. The maximum atomic E-state index is 9.13. The Hall–Kier alpha value is -0.560. The standard InChI is InChI=1S/C9H16O/c1-4-6-7-9(5-2)8(3)10/h4-6,8-10H,2,7H2,1,3H3. The van der Waals surface area contributed by atoms with E-state index in [2.05, 4.69) is 6.58 Å². The summed E-state index contributed by atoms with van der Waals surface area (Å²) in [6.45, 7) is 7.40. The molecule has 0 fully saturated rings. The van der Waals surface area contributed by atoms with Crippen LogP contribution in [-0.4, -0.2) is 11.2 Å². The summed E-state index contributed by atoms with van der Waals surface area (Å²) in [6, 6.07) is 0. The van der Waals surface area contributed by atoms with Crippen molar-refractivity contribution >= 4 is 0 Å². The van der Waals surface area contributed by atoms with Crippen LogP contribution < -0.4 is 0 Å². The van der Waals surface area contributed by atoms with Gasteiger partial charge in [-0.3, -0.25) is 0 Å². The van der Waals surface area contributed by atoms with E-state index in [1.54, 1.807) is 13.0 Å². The monoisotopic (exact) mass is 140 g/mol. The van der Waals surface area contributed by atoms with Crippen LogP contribution in [0.25, 0.3) is 0 Å². The predicted octanol–water partition coefficient (Wildman–Crippen LogP) is 2.14. The van der Waals surface area contributed by atoms with Crippen molar-refractivity contribution in [2.24, 2.45) is 5.92 Å². The number of aliphatic hydroxyl groups is 1. The van der Waals surface area contributed by atoms with E-state index in [1.165, 1.54) is 0 Å². The number of hydrogen-bond acceptors (Lipinski definition) is 1. The second kappa shape index (κ2) is 5.24. The summed E-state index contributed by atoms with van der Waals surface area (Å²) in [4.78, 5) is 0. The summed E-state index contributed by atoms with van der Waals surface area (Å²) in [5, 5.41) is 9.13. The maximum absolute atomic E-state index is 9.13. The molecule has 0 aliphatic heterocycles. The van der Waals surface area contributed by atoms with E-state index < -0.39 is 0 Å². The highest BCUT2D eigenvalue weighted by atomic mass is 16.3. The highest BCUT2D eigenvalue weighted by Gasteiger charge is 2.07. The van der Waals surface area contributed by atoms with Gasteiger partial charge in [0.25, 0.3) is 0 Å². The van der Waals surface area contributed by atoms with Crippen molar-refractivity contribution in [2.75, 3.05) is 0 Å². The number of hydrogen-bond donors (Lipinski definition) is 1. The Morgan fingerprint density at radius 1 is 1.60 bits per heavy atom. The molecular weight excluding hydrogens is 124 g/mol. The molecule has 0 aromatic rings. The van der Waals surface area contributed by atoms with Gasteiger partial charge < -0.3 is 5.11 Å². The van der Waals surface area contributed by atoms with Crippen molar-refractivity contribution in [3.8, 4) is 0 Å². The second-order valence-electron chi connectivity index (χ2n) is 2.44. The van der Waals surface area contributed by atoms with Crippen LogP contribution in [0.3, 0.4) is 0 Å². The molecule has 1 N–H and O–H groups in total. The van der Waals surface area contributed by atoms with Crippen LogP contribution in [0.15, 0.2) is 24.8 Å². The SMILES string of the molecule is C=CC(CC=CC)C(C)O. The van der Waals surface area contributed by atoms with Gasteiger partial charge in [0, 0.05) is 5.92 Å². The molecule has 2 unspecified atom stereocenters. The van der Waals surface area contributed by atoms with Crippen molar-refractivity contribution in [1.29, 1.82) is 0 Å². The molecule has 0 aliphatic rings. The fourth-order valence-corrected chi connectivity index (χ4v) is 0.783. The Labute approximate surface area is 63.1 Å². The summed E-state index contributed by atoms with van der Waals surface area (Å²) >= 11 is 0. The molecule has 58 valence electrons. The van der Waals surface area contributed by atoms with E-state index in [9.17, 15) is 0 Å². The average Bonchev–Trinajstić information content (AvgIpc) is 1.89. The lowest BCUT2D eigenvalue weighted by atomic mass is 10.00. The van der Waals surface area contributed by atoms with E-state index in [0.29, 0.717) is 0 Å². The van der Waals surface area contributed by atoms with Gasteiger partial charge in [0.05, 0.1) is 6.10 Å². The largest absolute Gasteiger partial charge is 0.393 e. The minimum atomic E-state index is -0.284. The Bertz CT molecular complexity index is 114. The topological polar surface area (TPSA) is 20.2 Å². The average molecular weight is 140 g/mol. The Morgan fingerprint density at radius 2 is 2.20 bits per heavy atom. The minimum absolute atomic E-state index is 0.205. The molecule has 0 bridgehead atoms. The third-order valence-corrected chi connectivity index (χ3v) is 1.57. The number of allylic oxidation sites excluding steroid dienone is 2. The first-order valence-electron chi connectivity index (χ1n) is 3.64. The molecule has 1 heteroatoms.